The second kappa shape index (κ2) is 14.0. The summed E-state index contributed by atoms with van der Waals surface area (Å²) in [5.41, 5.74) is 8.76. The molecule has 0 aromatic heterocycles. The smallest absolute Gasteiger partial charge is 0.326 e. The van der Waals surface area contributed by atoms with Gasteiger partial charge in [-0.2, -0.15) is 0 Å². The molecule has 9 nitrogen and oxygen atoms in total. The summed E-state index contributed by atoms with van der Waals surface area (Å²) in [6, 6.07) is 14.2. The lowest BCUT2D eigenvalue weighted by molar-refractivity contribution is -0.156. The molecule has 2 heterocycles. The fourth-order valence-corrected chi connectivity index (χ4v) is 7.85. The predicted molar refractivity (Wildman–Crippen MR) is 156 cm³/mol. The molecule has 2 aliphatic rings. The lowest BCUT2D eigenvalue weighted by atomic mass is 9.89. The summed E-state index contributed by atoms with van der Waals surface area (Å²) in [5, 5.41) is 12.3. The molecule has 2 amide bonds. The highest BCUT2D eigenvalue weighted by atomic mass is 33.1. The van der Waals surface area contributed by atoms with Gasteiger partial charge in [-0.05, 0) is 49.3 Å². The van der Waals surface area contributed by atoms with E-state index in [1.807, 2.05) is 54.6 Å². The van der Waals surface area contributed by atoms with Crippen LogP contribution < -0.4 is 11.1 Å². The molecule has 1 fully saturated rings. The summed E-state index contributed by atoms with van der Waals surface area (Å²) in [7, 11) is 2.60. The van der Waals surface area contributed by atoms with Crippen LogP contribution in [0, 0.1) is 0 Å². The standard InChI is InChI=1S/C29H35N3O6S2/c1-2-38-29(37)21(30)17-39-40-25(15-18-9-4-3-5-10-18)26(33)31-22-16-19-11-6-7-12-20(19)23-13-8-14-24(28(35)36)32(23)27(22)34/h3-7,9-12,21-25H,2,8,13-17,30H2,1H3,(H,31,33)(H,35,36)/t21-,22-,23?,24-,25?/m0/s1. The number of piperidine rings is 1. The van der Waals surface area contributed by atoms with E-state index in [9.17, 15) is 24.3 Å². The van der Waals surface area contributed by atoms with Crippen molar-refractivity contribution in [1.29, 1.82) is 0 Å². The Balaban J connectivity index is 1.54. The first-order chi connectivity index (χ1) is 19.3. The molecule has 0 bridgehead atoms. The normalized spacial score (nSPS) is 21.8. The number of fused-ring (bicyclic) bond motifs is 3. The van der Waals surface area contributed by atoms with Crippen LogP contribution in [0.3, 0.4) is 0 Å². The van der Waals surface area contributed by atoms with Crippen molar-refractivity contribution in [2.75, 3.05) is 12.4 Å². The van der Waals surface area contributed by atoms with Crippen LogP contribution >= 0.6 is 21.6 Å². The van der Waals surface area contributed by atoms with Crippen LogP contribution in [-0.2, 0) is 36.8 Å². The van der Waals surface area contributed by atoms with Gasteiger partial charge in [-0.15, -0.1) is 0 Å². The minimum Gasteiger partial charge on any atom is -0.480 e. The molecule has 40 heavy (non-hydrogen) atoms. The third-order valence-electron chi connectivity index (χ3n) is 7.20. The molecule has 4 rings (SSSR count). The molecule has 0 aliphatic carbocycles. The van der Waals surface area contributed by atoms with Gasteiger partial charge in [0.05, 0.1) is 17.9 Å². The van der Waals surface area contributed by atoms with Gasteiger partial charge in [0, 0.05) is 12.2 Å². The first-order valence-electron chi connectivity index (χ1n) is 13.5. The SMILES string of the molecule is CCOC(=O)[C@@H](N)CSSC(Cc1ccccc1)C(=O)N[C@H]1Cc2ccccc2C2CCC[C@@H](C(=O)O)N2C1=O. The number of ether oxygens (including phenoxy) is 1. The first kappa shape index (κ1) is 30.0. The third kappa shape index (κ3) is 7.18. The Bertz CT molecular complexity index is 1210. The summed E-state index contributed by atoms with van der Waals surface area (Å²) >= 11 is 0. The van der Waals surface area contributed by atoms with Crippen molar-refractivity contribution in [3.8, 4) is 0 Å². The van der Waals surface area contributed by atoms with E-state index in [0.717, 1.165) is 16.7 Å². The topological polar surface area (TPSA) is 139 Å². The number of esters is 1. The molecule has 2 aromatic rings. The maximum absolute atomic E-state index is 13.9. The number of carboxylic acid groups (broad SMARTS) is 1. The van der Waals surface area contributed by atoms with E-state index >= 15 is 0 Å². The largest absolute Gasteiger partial charge is 0.480 e. The zero-order chi connectivity index (χ0) is 28.6. The quantitative estimate of drug-likeness (QED) is 0.268. The maximum Gasteiger partial charge on any atom is 0.326 e. The third-order valence-corrected chi connectivity index (χ3v) is 9.95. The van der Waals surface area contributed by atoms with Gasteiger partial charge in [-0.1, -0.05) is 76.2 Å². The van der Waals surface area contributed by atoms with Gasteiger partial charge in [-0.3, -0.25) is 14.4 Å². The number of nitrogens with one attached hydrogen (secondary N) is 1. The molecule has 0 spiro atoms. The van der Waals surface area contributed by atoms with E-state index in [1.54, 1.807) is 6.92 Å². The number of carbonyl (C=O) groups excluding carboxylic acids is 3. The van der Waals surface area contributed by atoms with Crippen molar-refractivity contribution < 1.29 is 29.0 Å². The zero-order valence-electron chi connectivity index (χ0n) is 22.4. The van der Waals surface area contributed by atoms with E-state index in [4.69, 9.17) is 10.5 Å². The van der Waals surface area contributed by atoms with Crippen molar-refractivity contribution >= 4 is 45.3 Å². The number of carbonyl (C=O) groups is 4. The van der Waals surface area contributed by atoms with Gasteiger partial charge in [0.15, 0.2) is 0 Å². The van der Waals surface area contributed by atoms with Crippen LogP contribution in [0.15, 0.2) is 54.6 Å². The van der Waals surface area contributed by atoms with Gasteiger partial charge in [0.1, 0.15) is 18.1 Å². The lowest BCUT2D eigenvalue weighted by Crippen LogP contribution is -2.56. The first-order valence-corrected chi connectivity index (χ1v) is 15.9. The zero-order valence-corrected chi connectivity index (χ0v) is 24.0. The summed E-state index contributed by atoms with van der Waals surface area (Å²) in [6.45, 7) is 1.95. The number of hydrogen-bond donors (Lipinski definition) is 3. The number of nitrogens with zero attached hydrogens (tertiary/aromatic N) is 1. The van der Waals surface area contributed by atoms with Gasteiger partial charge in [0.25, 0.3) is 0 Å². The van der Waals surface area contributed by atoms with Crippen LogP contribution in [0.1, 0.15) is 48.9 Å². The van der Waals surface area contributed by atoms with Crippen LogP contribution in [0.2, 0.25) is 0 Å². The maximum atomic E-state index is 13.9. The second-order valence-corrected chi connectivity index (χ2v) is 12.5. The molecular weight excluding hydrogens is 550 g/mol. The summed E-state index contributed by atoms with van der Waals surface area (Å²) < 4.78 is 4.98. The van der Waals surface area contributed by atoms with E-state index in [-0.39, 0.29) is 36.6 Å². The number of carboxylic acids is 1. The Morgan fingerprint density at radius 1 is 1.12 bits per heavy atom. The molecule has 2 unspecified atom stereocenters. The minimum atomic E-state index is -1.03. The Morgan fingerprint density at radius 3 is 2.58 bits per heavy atom. The molecule has 5 atom stereocenters. The highest BCUT2D eigenvalue weighted by molar-refractivity contribution is 8.77. The number of benzene rings is 2. The van der Waals surface area contributed by atoms with Crippen molar-refractivity contribution in [2.45, 2.75) is 68.4 Å². The van der Waals surface area contributed by atoms with Gasteiger partial charge in [0.2, 0.25) is 11.8 Å². The molecular formula is C29H35N3O6S2. The molecule has 2 aromatic carbocycles. The fourth-order valence-electron chi connectivity index (χ4n) is 5.28. The van der Waals surface area contributed by atoms with E-state index in [0.29, 0.717) is 25.7 Å². The fraction of sp³-hybridized carbons (Fsp3) is 0.448. The monoisotopic (exact) mass is 585 g/mol. The summed E-state index contributed by atoms with van der Waals surface area (Å²) in [5.74, 6) is -1.97. The van der Waals surface area contributed by atoms with Crippen LogP contribution in [0.5, 0.6) is 0 Å². The molecule has 2 aliphatic heterocycles. The molecule has 214 valence electrons. The van der Waals surface area contributed by atoms with Crippen molar-refractivity contribution in [2.24, 2.45) is 5.73 Å². The predicted octanol–water partition coefficient (Wildman–Crippen LogP) is 3.12. The van der Waals surface area contributed by atoms with E-state index < -0.39 is 35.3 Å². The average Bonchev–Trinajstić information content (AvgIpc) is 3.07. The van der Waals surface area contributed by atoms with Crippen LogP contribution in [0.25, 0.3) is 0 Å². The molecule has 1 saturated heterocycles. The highest BCUT2D eigenvalue weighted by Crippen LogP contribution is 2.39. The molecule has 0 radical (unpaired) electrons. The Hall–Kier alpha value is -3.02. The summed E-state index contributed by atoms with van der Waals surface area (Å²) in [6.07, 6.45) is 2.45. The number of amides is 2. The molecule has 11 heteroatoms. The average molecular weight is 586 g/mol. The van der Waals surface area contributed by atoms with Crippen molar-refractivity contribution in [3.05, 3.63) is 71.3 Å². The Labute approximate surface area is 242 Å². The molecule has 0 saturated carbocycles. The Morgan fingerprint density at radius 2 is 1.85 bits per heavy atom. The summed E-state index contributed by atoms with van der Waals surface area (Å²) in [4.78, 5) is 53.2. The number of nitrogens with two attached hydrogens (primary N) is 1. The second-order valence-electron chi connectivity index (χ2n) is 9.93. The van der Waals surface area contributed by atoms with Gasteiger partial charge >= 0.3 is 11.9 Å². The lowest BCUT2D eigenvalue weighted by Gasteiger charge is -2.40. The Kier molecular flexibility index (Phi) is 10.5. The number of rotatable bonds is 11. The number of hydrogen-bond acceptors (Lipinski definition) is 8. The van der Waals surface area contributed by atoms with Crippen molar-refractivity contribution in [3.63, 3.8) is 0 Å². The van der Waals surface area contributed by atoms with E-state index in [2.05, 4.69) is 5.32 Å². The van der Waals surface area contributed by atoms with Gasteiger partial charge < -0.3 is 25.8 Å². The number of aliphatic carboxylic acids is 1. The van der Waals surface area contributed by atoms with Gasteiger partial charge in [-0.25, -0.2) is 4.79 Å². The van der Waals surface area contributed by atoms with Crippen molar-refractivity contribution in [1.82, 2.24) is 10.2 Å². The molecule has 4 N–H and O–H groups in total. The van der Waals surface area contributed by atoms with Crippen LogP contribution in [-0.4, -0.2) is 69.5 Å². The highest BCUT2D eigenvalue weighted by Gasteiger charge is 2.44. The minimum absolute atomic E-state index is 0.239. The van der Waals surface area contributed by atoms with Crippen LogP contribution in [0.4, 0.5) is 0 Å². The van der Waals surface area contributed by atoms with E-state index in [1.165, 1.54) is 26.5 Å².